The van der Waals surface area contributed by atoms with E-state index in [2.05, 4.69) is 0 Å². The van der Waals surface area contributed by atoms with E-state index in [-0.39, 0.29) is 0 Å². The third-order valence-corrected chi connectivity index (χ3v) is 4.49. The topological polar surface area (TPSA) is 40.6 Å². The molecule has 0 amide bonds. The van der Waals surface area contributed by atoms with Gasteiger partial charge in [-0.1, -0.05) is 12.2 Å². The van der Waals surface area contributed by atoms with Crippen LogP contribution in [-0.4, -0.2) is 43.2 Å². The molecule has 0 aromatic carbocycles. The Balaban J connectivity index is 2.09. The van der Waals surface area contributed by atoms with Crippen LogP contribution in [0.5, 0.6) is 0 Å². The van der Waals surface area contributed by atoms with Crippen molar-refractivity contribution in [2.24, 2.45) is 0 Å². The minimum atomic E-state index is -3.11. The van der Waals surface area contributed by atoms with Crippen LogP contribution >= 0.6 is 0 Å². The number of nitrogens with zero attached hydrogens (tertiary/aromatic N) is 2. The van der Waals surface area contributed by atoms with E-state index >= 15 is 0 Å². The molecular weight excluding hydrogens is 188 g/mol. The van der Waals surface area contributed by atoms with E-state index in [1.54, 1.807) is 8.61 Å². The first-order valence-corrected chi connectivity index (χ1v) is 6.01. The fourth-order valence-electron chi connectivity index (χ4n) is 1.51. The Bertz CT molecular complexity index is 306. The monoisotopic (exact) mass is 202 g/mol. The second-order valence-electron chi connectivity index (χ2n) is 3.38. The molecule has 0 saturated carbocycles. The van der Waals surface area contributed by atoms with Crippen LogP contribution in [0.15, 0.2) is 12.2 Å². The molecule has 0 N–H and O–H groups in total. The molecule has 0 spiro atoms. The third kappa shape index (κ3) is 1.63. The molecule has 0 aromatic rings. The second kappa shape index (κ2) is 3.40. The molecule has 0 radical (unpaired) electrons. The molecule has 2 aliphatic heterocycles. The molecule has 74 valence electrons. The van der Waals surface area contributed by atoms with Crippen molar-refractivity contribution in [3.05, 3.63) is 12.2 Å². The third-order valence-electron chi connectivity index (χ3n) is 2.49. The van der Waals surface area contributed by atoms with Gasteiger partial charge in [0.05, 0.1) is 0 Å². The van der Waals surface area contributed by atoms with Gasteiger partial charge in [-0.05, 0) is 12.8 Å². The molecule has 2 rings (SSSR count). The molecule has 0 aromatic heterocycles. The molecule has 0 atom stereocenters. The van der Waals surface area contributed by atoms with Crippen LogP contribution in [0.1, 0.15) is 12.8 Å². The van der Waals surface area contributed by atoms with Crippen LogP contribution in [0, 0.1) is 0 Å². The SMILES string of the molecule is O=S(=O)(N1CC=CCC1)N1CCC1. The largest absolute Gasteiger partial charge is 0.282 e. The van der Waals surface area contributed by atoms with E-state index in [1.165, 1.54) is 0 Å². The molecule has 2 aliphatic rings. The first-order valence-electron chi connectivity index (χ1n) is 4.61. The second-order valence-corrected chi connectivity index (χ2v) is 5.31. The Hall–Kier alpha value is -0.390. The van der Waals surface area contributed by atoms with Crippen molar-refractivity contribution in [1.82, 2.24) is 8.61 Å². The summed E-state index contributed by atoms with van der Waals surface area (Å²) >= 11 is 0. The Morgan fingerprint density at radius 1 is 1.00 bits per heavy atom. The van der Waals surface area contributed by atoms with Crippen LogP contribution in [0.2, 0.25) is 0 Å². The van der Waals surface area contributed by atoms with Crippen molar-refractivity contribution in [1.29, 1.82) is 0 Å². The Morgan fingerprint density at radius 2 is 1.77 bits per heavy atom. The highest BCUT2D eigenvalue weighted by atomic mass is 32.2. The van der Waals surface area contributed by atoms with E-state index < -0.39 is 10.2 Å². The average Bonchev–Trinajstić information content (AvgIpc) is 2.02. The molecule has 5 heteroatoms. The van der Waals surface area contributed by atoms with Gasteiger partial charge in [-0.25, -0.2) is 0 Å². The molecule has 1 saturated heterocycles. The molecule has 0 aliphatic carbocycles. The fraction of sp³-hybridized carbons (Fsp3) is 0.750. The summed E-state index contributed by atoms with van der Waals surface area (Å²) in [5, 5.41) is 0. The van der Waals surface area contributed by atoms with Crippen LogP contribution < -0.4 is 0 Å². The lowest BCUT2D eigenvalue weighted by Gasteiger charge is -2.35. The standard InChI is InChI=1S/C8H14N2O2S/c11-13(12,10-7-4-8-10)9-5-2-1-3-6-9/h1-2H,3-8H2. The maximum Gasteiger partial charge on any atom is 0.282 e. The van der Waals surface area contributed by atoms with Gasteiger partial charge in [0.1, 0.15) is 0 Å². The number of hydrogen-bond acceptors (Lipinski definition) is 2. The van der Waals surface area contributed by atoms with Gasteiger partial charge in [-0.15, -0.1) is 0 Å². The van der Waals surface area contributed by atoms with Crippen LogP contribution in [0.25, 0.3) is 0 Å². The predicted molar refractivity (Wildman–Crippen MR) is 50.4 cm³/mol. The van der Waals surface area contributed by atoms with Crippen LogP contribution in [-0.2, 0) is 10.2 Å². The van der Waals surface area contributed by atoms with Crippen molar-refractivity contribution in [2.75, 3.05) is 26.2 Å². The first kappa shape index (κ1) is 9.18. The summed E-state index contributed by atoms with van der Waals surface area (Å²) < 4.78 is 26.7. The summed E-state index contributed by atoms with van der Waals surface area (Å²) in [4.78, 5) is 0. The lowest BCUT2D eigenvalue weighted by molar-refractivity contribution is 0.276. The van der Waals surface area contributed by atoms with Gasteiger partial charge in [-0.3, -0.25) is 0 Å². The van der Waals surface area contributed by atoms with Crippen molar-refractivity contribution < 1.29 is 8.42 Å². The molecule has 4 nitrogen and oxygen atoms in total. The average molecular weight is 202 g/mol. The van der Waals surface area contributed by atoms with Gasteiger partial charge >= 0.3 is 0 Å². The smallest absolute Gasteiger partial charge is 0.195 e. The summed E-state index contributed by atoms with van der Waals surface area (Å²) in [6, 6.07) is 0. The van der Waals surface area contributed by atoms with Crippen LogP contribution in [0.3, 0.4) is 0 Å². The van der Waals surface area contributed by atoms with Gasteiger partial charge in [0.25, 0.3) is 10.2 Å². The van der Waals surface area contributed by atoms with E-state index in [0.717, 1.165) is 12.8 Å². The summed E-state index contributed by atoms with van der Waals surface area (Å²) in [6.07, 6.45) is 5.79. The van der Waals surface area contributed by atoms with Crippen molar-refractivity contribution in [3.8, 4) is 0 Å². The van der Waals surface area contributed by atoms with E-state index in [9.17, 15) is 8.42 Å². The molecule has 2 heterocycles. The lowest BCUT2D eigenvalue weighted by atomic mass is 10.3. The molecular formula is C8H14N2O2S. The fourth-order valence-corrected chi connectivity index (χ4v) is 3.17. The lowest BCUT2D eigenvalue weighted by Crippen LogP contribution is -2.50. The van der Waals surface area contributed by atoms with Gasteiger partial charge in [-0.2, -0.15) is 17.0 Å². The summed E-state index contributed by atoms with van der Waals surface area (Å²) in [5.74, 6) is 0. The number of rotatable bonds is 2. The van der Waals surface area contributed by atoms with Crippen molar-refractivity contribution in [2.45, 2.75) is 12.8 Å². The Morgan fingerprint density at radius 3 is 2.23 bits per heavy atom. The van der Waals surface area contributed by atoms with Gasteiger partial charge in [0, 0.05) is 26.2 Å². The van der Waals surface area contributed by atoms with Crippen molar-refractivity contribution >= 4 is 10.2 Å². The maximum atomic E-state index is 11.8. The van der Waals surface area contributed by atoms with E-state index in [4.69, 9.17) is 0 Å². The summed E-state index contributed by atoms with van der Waals surface area (Å²) in [5.41, 5.74) is 0. The highest BCUT2D eigenvalue weighted by molar-refractivity contribution is 7.86. The molecule has 0 bridgehead atoms. The van der Waals surface area contributed by atoms with Gasteiger partial charge < -0.3 is 0 Å². The zero-order chi connectivity index (χ0) is 9.31. The van der Waals surface area contributed by atoms with Crippen molar-refractivity contribution in [3.63, 3.8) is 0 Å². The van der Waals surface area contributed by atoms with E-state index in [1.807, 2.05) is 12.2 Å². The number of hydrogen-bond donors (Lipinski definition) is 0. The minimum Gasteiger partial charge on any atom is -0.195 e. The predicted octanol–water partition coefficient (Wildman–Crippen LogP) is 0.199. The zero-order valence-electron chi connectivity index (χ0n) is 7.52. The highest BCUT2D eigenvalue weighted by Gasteiger charge is 2.32. The zero-order valence-corrected chi connectivity index (χ0v) is 8.33. The summed E-state index contributed by atoms with van der Waals surface area (Å²) in [7, 11) is -3.11. The Kier molecular flexibility index (Phi) is 2.40. The maximum absolute atomic E-state index is 11.8. The van der Waals surface area contributed by atoms with Gasteiger partial charge in [0.15, 0.2) is 0 Å². The molecule has 13 heavy (non-hydrogen) atoms. The molecule has 1 fully saturated rings. The first-order chi connectivity index (χ1) is 6.21. The highest BCUT2D eigenvalue weighted by Crippen LogP contribution is 2.18. The minimum absolute atomic E-state index is 0.541. The van der Waals surface area contributed by atoms with Crippen LogP contribution in [0.4, 0.5) is 0 Å². The van der Waals surface area contributed by atoms with E-state index in [0.29, 0.717) is 26.2 Å². The quantitative estimate of drug-likeness (QED) is 0.600. The Labute approximate surface area is 79.0 Å². The summed E-state index contributed by atoms with van der Waals surface area (Å²) in [6.45, 7) is 2.57. The molecule has 0 unspecified atom stereocenters. The van der Waals surface area contributed by atoms with Gasteiger partial charge in [0.2, 0.25) is 0 Å². The normalized spacial score (nSPS) is 25.8.